The van der Waals surface area contributed by atoms with Gasteiger partial charge in [-0.05, 0) is 30.4 Å². The molecule has 0 aromatic heterocycles. The maximum Gasteiger partial charge on any atom is 0.244 e. The first kappa shape index (κ1) is 12.8. The van der Waals surface area contributed by atoms with Crippen LogP contribution in [-0.2, 0) is 16.4 Å². The van der Waals surface area contributed by atoms with E-state index in [9.17, 15) is 8.42 Å². The van der Waals surface area contributed by atoms with Crippen LogP contribution in [0.1, 0.15) is 29.5 Å². The van der Waals surface area contributed by atoms with Crippen molar-refractivity contribution >= 4 is 21.8 Å². The van der Waals surface area contributed by atoms with Crippen molar-refractivity contribution < 1.29 is 8.42 Å². The van der Waals surface area contributed by atoms with Crippen molar-refractivity contribution in [3.05, 3.63) is 41.5 Å². The smallest absolute Gasteiger partial charge is 0.206 e. The van der Waals surface area contributed by atoms with Gasteiger partial charge in [-0.1, -0.05) is 30.9 Å². The molecule has 1 N–H and O–H groups in total. The standard InChI is InChI=1S/C13H16N2O2S/c1-3-10-6-4-8-12-11(10)7-5-9-13(12)14-15-18(2,16)17/h3-4,6,8,15H,1,5,7,9H2,2H3/b14-13+. The van der Waals surface area contributed by atoms with E-state index in [1.807, 2.05) is 24.3 Å². The molecule has 1 aromatic carbocycles. The fourth-order valence-electron chi connectivity index (χ4n) is 2.17. The Kier molecular flexibility index (Phi) is 3.52. The third-order valence-electron chi connectivity index (χ3n) is 2.93. The summed E-state index contributed by atoms with van der Waals surface area (Å²) in [6.45, 7) is 3.80. The maximum absolute atomic E-state index is 11.1. The van der Waals surface area contributed by atoms with Gasteiger partial charge in [0.15, 0.2) is 0 Å². The van der Waals surface area contributed by atoms with E-state index in [1.165, 1.54) is 5.56 Å². The molecule has 0 spiro atoms. The molecule has 0 amide bonds. The van der Waals surface area contributed by atoms with Gasteiger partial charge in [0.05, 0.1) is 12.0 Å². The predicted molar refractivity (Wildman–Crippen MR) is 74.0 cm³/mol. The van der Waals surface area contributed by atoms with Gasteiger partial charge in [-0.3, -0.25) is 0 Å². The molecule has 0 heterocycles. The zero-order valence-corrected chi connectivity index (χ0v) is 11.1. The van der Waals surface area contributed by atoms with Crippen LogP contribution in [0.4, 0.5) is 0 Å². The molecule has 18 heavy (non-hydrogen) atoms. The first-order valence-corrected chi connectivity index (χ1v) is 7.68. The lowest BCUT2D eigenvalue weighted by atomic mass is 9.87. The summed E-state index contributed by atoms with van der Waals surface area (Å²) < 4.78 is 22.1. The van der Waals surface area contributed by atoms with Crippen LogP contribution in [0, 0.1) is 0 Å². The van der Waals surface area contributed by atoms with Crippen molar-refractivity contribution in [1.29, 1.82) is 0 Å². The maximum atomic E-state index is 11.1. The largest absolute Gasteiger partial charge is 0.244 e. The molecule has 1 aliphatic carbocycles. The minimum absolute atomic E-state index is 0.788. The summed E-state index contributed by atoms with van der Waals surface area (Å²) >= 11 is 0. The zero-order valence-electron chi connectivity index (χ0n) is 10.3. The van der Waals surface area contributed by atoms with Crippen LogP contribution in [0.15, 0.2) is 29.9 Å². The van der Waals surface area contributed by atoms with Gasteiger partial charge < -0.3 is 0 Å². The van der Waals surface area contributed by atoms with Gasteiger partial charge in [0, 0.05) is 5.56 Å². The number of nitrogens with zero attached hydrogens (tertiary/aromatic N) is 1. The third kappa shape index (κ3) is 2.79. The van der Waals surface area contributed by atoms with Gasteiger partial charge in [0.25, 0.3) is 0 Å². The topological polar surface area (TPSA) is 58.5 Å². The number of benzene rings is 1. The lowest BCUT2D eigenvalue weighted by Gasteiger charge is -2.19. The van der Waals surface area contributed by atoms with Crippen molar-refractivity contribution in [1.82, 2.24) is 4.83 Å². The summed E-state index contributed by atoms with van der Waals surface area (Å²) in [6.07, 6.45) is 5.67. The normalized spacial score (nSPS) is 17.3. The molecule has 1 aromatic rings. The van der Waals surface area contributed by atoms with Crippen molar-refractivity contribution in [2.45, 2.75) is 19.3 Å². The number of hydrogen-bond acceptors (Lipinski definition) is 3. The van der Waals surface area contributed by atoms with E-state index >= 15 is 0 Å². The molecule has 0 saturated carbocycles. The Morgan fingerprint density at radius 3 is 2.83 bits per heavy atom. The first-order valence-electron chi connectivity index (χ1n) is 5.79. The van der Waals surface area contributed by atoms with Crippen LogP contribution in [0.3, 0.4) is 0 Å². The number of rotatable bonds is 3. The minimum atomic E-state index is -3.30. The summed E-state index contributed by atoms with van der Waals surface area (Å²) in [5.74, 6) is 0. The molecule has 96 valence electrons. The fraction of sp³-hybridized carbons (Fsp3) is 0.308. The van der Waals surface area contributed by atoms with Crippen molar-refractivity contribution in [2.24, 2.45) is 5.10 Å². The van der Waals surface area contributed by atoms with Crippen LogP contribution in [0.5, 0.6) is 0 Å². The molecule has 0 radical (unpaired) electrons. The van der Waals surface area contributed by atoms with Gasteiger partial charge in [-0.25, -0.2) is 13.2 Å². The third-order valence-corrected chi connectivity index (χ3v) is 3.35. The predicted octanol–water partition coefficient (Wildman–Crippen LogP) is 1.92. The van der Waals surface area contributed by atoms with E-state index in [0.29, 0.717) is 0 Å². The van der Waals surface area contributed by atoms with Crippen molar-refractivity contribution in [3.63, 3.8) is 0 Å². The second kappa shape index (κ2) is 4.94. The quantitative estimate of drug-likeness (QED) is 0.848. The van der Waals surface area contributed by atoms with E-state index in [4.69, 9.17) is 0 Å². The second-order valence-corrected chi connectivity index (χ2v) is 6.08. The van der Waals surface area contributed by atoms with Crippen LogP contribution in [0.2, 0.25) is 0 Å². The number of hydrogen-bond donors (Lipinski definition) is 1. The molecule has 1 aliphatic rings. The lowest BCUT2D eigenvalue weighted by molar-refractivity contribution is 0.590. The SMILES string of the molecule is C=Cc1cccc2c1CCC/C2=N\NS(C)(=O)=O. The summed E-state index contributed by atoms with van der Waals surface area (Å²) in [5.41, 5.74) is 4.12. The molecule has 2 rings (SSSR count). The molecule has 4 nitrogen and oxygen atoms in total. The Morgan fingerprint density at radius 1 is 1.39 bits per heavy atom. The average molecular weight is 264 g/mol. The summed E-state index contributed by atoms with van der Waals surface area (Å²) in [6, 6.07) is 5.93. The van der Waals surface area contributed by atoms with Crippen molar-refractivity contribution in [2.75, 3.05) is 6.26 Å². The first-order chi connectivity index (χ1) is 8.51. The molecule has 0 aliphatic heterocycles. The number of hydrazone groups is 1. The Labute approximate surface area is 107 Å². The Hall–Kier alpha value is -1.62. The Balaban J connectivity index is 2.43. The highest BCUT2D eigenvalue weighted by Crippen LogP contribution is 2.25. The van der Waals surface area contributed by atoms with E-state index in [1.54, 1.807) is 0 Å². The zero-order chi connectivity index (χ0) is 13.2. The number of fused-ring (bicyclic) bond motifs is 1. The van der Waals surface area contributed by atoms with Crippen LogP contribution in [0.25, 0.3) is 6.08 Å². The highest BCUT2D eigenvalue weighted by molar-refractivity contribution is 7.88. The fourth-order valence-corrected chi connectivity index (χ4v) is 2.44. The van der Waals surface area contributed by atoms with E-state index in [2.05, 4.69) is 16.5 Å². The van der Waals surface area contributed by atoms with E-state index < -0.39 is 10.0 Å². The summed E-state index contributed by atoms with van der Waals surface area (Å²) in [5, 5.41) is 4.02. The van der Waals surface area contributed by atoms with Crippen LogP contribution in [-0.4, -0.2) is 20.4 Å². The molecule has 0 fully saturated rings. The Morgan fingerprint density at radius 2 is 2.17 bits per heavy atom. The average Bonchev–Trinajstić information content (AvgIpc) is 2.34. The van der Waals surface area contributed by atoms with Gasteiger partial charge in [0.1, 0.15) is 0 Å². The molecule has 0 atom stereocenters. The summed E-state index contributed by atoms with van der Waals surface area (Å²) in [7, 11) is -3.30. The van der Waals surface area contributed by atoms with Crippen LogP contribution >= 0.6 is 0 Å². The van der Waals surface area contributed by atoms with Gasteiger partial charge >= 0.3 is 0 Å². The van der Waals surface area contributed by atoms with Gasteiger partial charge in [-0.2, -0.15) is 5.10 Å². The lowest BCUT2D eigenvalue weighted by Crippen LogP contribution is -2.21. The van der Waals surface area contributed by atoms with Crippen LogP contribution < -0.4 is 4.83 Å². The number of sulfonamides is 1. The highest BCUT2D eigenvalue weighted by atomic mass is 32.2. The minimum Gasteiger partial charge on any atom is -0.206 e. The number of nitrogens with one attached hydrogen (secondary N) is 1. The molecule has 0 bridgehead atoms. The van der Waals surface area contributed by atoms with Gasteiger partial charge in [0.2, 0.25) is 10.0 Å². The van der Waals surface area contributed by atoms with Gasteiger partial charge in [-0.15, -0.1) is 0 Å². The molecular weight excluding hydrogens is 248 g/mol. The second-order valence-electron chi connectivity index (χ2n) is 4.35. The summed E-state index contributed by atoms with van der Waals surface area (Å²) in [4.78, 5) is 2.20. The Bertz CT molecular complexity index is 603. The molecular formula is C13H16N2O2S. The monoisotopic (exact) mass is 264 g/mol. The van der Waals surface area contributed by atoms with Crippen molar-refractivity contribution in [3.8, 4) is 0 Å². The highest BCUT2D eigenvalue weighted by Gasteiger charge is 2.17. The molecule has 0 unspecified atom stereocenters. The van der Waals surface area contributed by atoms with E-state index in [0.717, 1.165) is 42.4 Å². The molecule has 0 saturated heterocycles. The van der Waals surface area contributed by atoms with E-state index in [-0.39, 0.29) is 0 Å². The molecule has 5 heteroatoms.